The molecule has 0 saturated carbocycles. The minimum absolute atomic E-state index is 0.00691. The number of amides is 2. The lowest BCUT2D eigenvalue weighted by Gasteiger charge is -2.31. The van der Waals surface area contributed by atoms with Gasteiger partial charge < -0.3 is 24.7 Å². The fourth-order valence-corrected chi connectivity index (χ4v) is 3.44. The molecule has 1 saturated heterocycles. The maximum Gasteiger partial charge on any atom is 0.251 e. The smallest absolute Gasteiger partial charge is 0.251 e. The molecule has 0 bridgehead atoms. The van der Waals surface area contributed by atoms with Crippen LogP contribution in [0.2, 0.25) is 0 Å². The van der Waals surface area contributed by atoms with Crippen LogP contribution in [0.1, 0.15) is 31.9 Å². The second-order valence-electron chi connectivity index (χ2n) is 6.94. The molecule has 3 aliphatic heterocycles. The van der Waals surface area contributed by atoms with E-state index < -0.39 is 0 Å². The third kappa shape index (κ3) is 3.08. The molecule has 4 rings (SSSR count). The van der Waals surface area contributed by atoms with Gasteiger partial charge in [-0.3, -0.25) is 9.59 Å². The van der Waals surface area contributed by atoms with Crippen molar-refractivity contribution in [3.05, 3.63) is 36.2 Å². The summed E-state index contributed by atoms with van der Waals surface area (Å²) < 4.78 is 10.8. The van der Waals surface area contributed by atoms with Crippen molar-refractivity contribution in [1.82, 2.24) is 20.7 Å². The molecule has 8 nitrogen and oxygen atoms in total. The highest BCUT2D eigenvalue weighted by molar-refractivity contribution is 5.89. The molecule has 1 fully saturated rings. The fraction of sp³-hybridized carbons (Fsp3) is 0.444. The van der Waals surface area contributed by atoms with Crippen LogP contribution in [0.3, 0.4) is 0 Å². The molecule has 1 aromatic rings. The van der Waals surface area contributed by atoms with E-state index in [2.05, 4.69) is 10.7 Å². The number of hydrazine groups is 1. The molecule has 2 amide bonds. The number of carbonyl (C=O) groups excluding carboxylic acids is 2. The van der Waals surface area contributed by atoms with E-state index in [-0.39, 0.29) is 43.3 Å². The Morgan fingerprint density at radius 3 is 2.92 bits per heavy atom. The van der Waals surface area contributed by atoms with Crippen LogP contribution in [0, 0.1) is 0 Å². The van der Waals surface area contributed by atoms with Crippen LogP contribution in [0.4, 0.5) is 0 Å². The first kappa shape index (κ1) is 16.7. The summed E-state index contributed by atoms with van der Waals surface area (Å²) in [5, 5.41) is 4.62. The number of rotatable bonds is 4. The second kappa shape index (κ2) is 6.53. The number of fused-ring (bicyclic) bond motifs is 2. The molecule has 3 heterocycles. The molecule has 0 radical (unpaired) electrons. The second-order valence-corrected chi connectivity index (χ2v) is 6.94. The third-order valence-electron chi connectivity index (χ3n) is 4.64. The van der Waals surface area contributed by atoms with Gasteiger partial charge in [-0.1, -0.05) is 6.07 Å². The first-order chi connectivity index (χ1) is 12.5. The first-order valence-electron chi connectivity index (χ1n) is 8.73. The van der Waals surface area contributed by atoms with Crippen LogP contribution in [-0.4, -0.2) is 47.1 Å². The lowest BCUT2D eigenvalue weighted by Crippen LogP contribution is -2.50. The monoisotopic (exact) mass is 358 g/mol. The molecule has 0 aromatic heterocycles. The molecule has 3 aliphatic rings. The normalized spacial score (nSPS) is 23.6. The first-order valence-corrected chi connectivity index (χ1v) is 8.73. The van der Waals surface area contributed by atoms with E-state index in [0.29, 0.717) is 6.42 Å². The average Bonchev–Trinajstić information content (AvgIpc) is 3.22. The summed E-state index contributed by atoms with van der Waals surface area (Å²) in [5.74, 6) is 1.22. The number of carbonyl (C=O) groups is 2. The van der Waals surface area contributed by atoms with Crippen LogP contribution in [0.15, 0.2) is 30.6 Å². The van der Waals surface area contributed by atoms with Crippen LogP contribution in [-0.2, 0) is 9.59 Å². The predicted molar refractivity (Wildman–Crippen MR) is 92.8 cm³/mol. The molecular formula is C18H22N4O4. The zero-order valence-electron chi connectivity index (χ0n) is 14.8. The van der Waals surface area contributed by atoms with Crippen molar-refractivity contribution in [3.63, 3.8) is 0 Å². The summed E-state index contributed by atoms with van der Waals surface area (Å²) >= 11 is 0. The topological polar surface area (TPSA) is 83.1 Å². The predicted octanol–water partition coefficient (Wildman–Crippen LogP) is 0.873. The number of ether oxygens (including phenoxy) is 2. The van der Waals surface area contributed by atoms with Gasteiger partial charge in [0.15, 0.2) is 11.5 Å². The van der Waals surface area contributed by atoms with Gasteiger partial charge in [0.2, 0.25) is 12.7 Å². The lowest BCUT2D eigenvalue weighted by atomic mass is 10.0. The van der Waals surface area contributed by atoms with E-state index in [1.165, 1.54) is 4.90 Å². The van der Waals surface area contributed by atoms with E-state index in [9.17, 15) is 9.59 Å². The van der Waals surface area contributed by atoms with Gasteiger partial charge in [-0.2, -0.15) is 0 Å². The van der Waals surface area contributed by atoms with E-state index in [0.717, 1.165) is 17.1 Å². The minimum Gasteiger partial charge on any atom is -0.454 e. The molecule has 138 valence electrons. The molecule has 26 heavy (non-hydrogen) atoms. The van der Waals surface area contributed by atoms with Crippen molar-refractivity contribution >= 4 is 11.8 Å². The van der Waals surface area contributed by atoms with Gasteiger partial charge in [-0.25, -0.2) is 5.43 Å². The number of hydrogen-bond donors (Lipinski definition) is 2. The van der Waals surface area contributed by atoms with Crippen molar-refractivity contribution in [2.45, 2.75) is 38.4 Å². The Morgan fingerprint density at radius 1 is 1.31 bits per heavy atom. The zero-order valence-corrected chi connectivity index (χ0v) is 14.8. The van der Waals surface area contributed by atoms with Gasteiger partial charge in [0.05, 0.1) is 6.04 Å². The van der Waals surface area contributed by atoms with Crippen molar-refractivity contribution in [3.8, 4) is 11.5 Å². The highest BCUT2D eigenvalue weighted by Gasteiger charge is 2.40. The van der Waals surface area contributed by atoms with Crippen LogP contribution in [0.5, 0.6) is 11.5 Å². The Kier molecular flexibility index (Phi) is 4.20. The quantitative estimate of drug-likeness (QED) is 0.831. The summed E-state index contributed by atoms with van der Waals surface area (Å²) in [7, 11) is 0. The van der Waals surface area contributed by atoms with Crippen LogP contribution in [0.25, 0.3) is 0 Å². The summed E-state index contributed by atoms with van der Waals surface area (Å²) in [6.45, 7) is 4.06. The molecule has 2 atom stereocenters. The molecule has 2 unspecified atom stereocenters. The van der Waals surface area contributed by atoms with E-state index in [1.807, 2.05) is 43.3 Å². The van der Waals surface area contributed by atoms with Crippen molar-refractivity contribution in [2.75, 3.05) is 13.3 Å². The average molecular weight is 358 g/mol. The van der Waals surface area contributed by atoms with Crippen molar-refractivity contribution in [2.24, 2.45) is 0 Å². The Bertz CT molecular complexity index is 764. The molecule has 8 heteroatoms. The maximum atomic E-state index is 12.8. The standard InChI is InChI=1S/C18H22N4O4/c1-11(2)19-17(23)9-21-5-6-22-14(18(21)24)8-13(20-22)12-3-4-15-16(7-12)26-10-25-15/h3-7,11,13-14,20H,8-10H2,1-2H3,(H,19,23). The Labute approximate surface area is 151 Å². The molecule has 0 aliphatic carbocycles. The Hall–Kier alpha value is -2.74. The SMILES string of the molecule is CC(C)NC(=O)CN1C=CN2NC(c3ccc4c(c3)OCO4)CC2C1=O. The number of nitrogens with one attached hydrogen (secondary N) is 2. The summed E-state index contributed by atoms with van der Waals surface area (Å²) in [6.07, 6.45) is 4.07. The Balaban J connectivity index is 1.44. The van der Waals surface area contributed by atoms with E-state index >= 15 is 0 Å². The minimum atomic E-state index is -0.331. The van der Waals surface area contributed by atoms with Crippen molar-refractivity contribution in [1.29, 1.82) is 0 Å². The molecule has 1 aromatic carbocycles. The summed E-state index contributed by atoms with van der Waals surface area (Å²) in [5.41, 5.74) is 4.38. The highest BCUT2D eigenvalue weighted by atomic mass is 16.7. The van der Waals surface area contributed by atoms with E-state index in [4.69, 9.17) is 9.47 Å². The van der Waals surface area contributed by atoms with E-state index in [1.54, 1.807) is 6.20 Å². The highest BCUT2D eigenvalue weighted by Crippen LogP contribution is 2.37. The summed E-state index contributed by atoms with van der Waals surface area (Å²) in [4.78, 5) is 26.2. The maximum absolute atomic E-state index is 12.8. The number of benzene rings is 1. The van der Waals surface area contributed by atoms with Gasteiger partial charge in [0, 0.05) is 18.4 Å². The molecular weight excluding hydrogens is 336 g/mol. The van der Waals surface area contributed by atoms with Crippen molar-refractivity contribution < 1.29 is 19.1 Å². The zero-order chi connectivity index (χ0) is 18.3. The third-order valence-corrected chi connectivity index (χ3v) is 4.64. The summed E-state index contributed by atoms with van der Waals surface area (Å²) in [6, 6.07) is 5.52. The van der Waals surface area contributed by atoms with Gasteiger partial charge in [0.25, 0.3) is 5.91 Å². The van der Waals surface area contributed by atoms with Gasteiger partial charge in [0.1, 0.15) is 12.6 Å². The van der Waals surface area contributed by atoms with Gasteiger partial charge in [-0.05, 0) is 38.0 Å². The Morgan fingerprint density at radius 2 is 2.12 bits per heavy atom. The molecule has 2 N–H and O–H groups in total. The molecule has 0 spiro atoms. The lowest BCUT2D eigenvalue weighted by molar-refractivity contribution is -0.138. The number of hydrogen-bond acceptors (Lipinski definition) is 6. The van der Waals surface area contributed by atoms with Gasteiger partial charge in [-0.15, -0.1) is 0 Å². The number of nitrogens with zero attached hydrogens (tertiary/aromatic N) is 2. The van der Waals surface area contributed by atoms with Gasteiger partial charge >= 0.3 is 0 Å². The fourth-order valence-electron chi connectivity index (χ4n) is 3.44. The largest absolute Gasteiger partial charge is 0.454 e. The van der Waals surface area contributed by atoms with Crippen LogP contribution >= 0.6 is 0 Å². The van der Waals surface area contributed by atoms with Crippen LogP contribution < -0.4 is 20.2 Å².